The molecule has 38 heavy (non-hydrogen) atoms. The first kappa shape index (κ1) is 23.5. The van der Waals surface area contributed by atoms with Crippen LogP contribution >= 0.6 is 11.3 Å². The van der Waals surface area contributed by atoms with Crippen LogP contribution in [0.1, 0.15) is 11.1 Å². The predicted molar refractivity (Wildman–Crippen MR) is 140 cm³/mol. The average molecular weight is 527 g/mol. The van der Waals surface area contributed by atoms with Crippen molar-refractivity contribution in [2.75, 3.05) is 14.2 Å². The summed E-state index contributed by atoms with van der Waals surface area (Å²) in [6.07, 6.45) is 1.78. The Morgan fingerprint density at radius 2 is 1.92 bits per heavy atom. The van der Waals surface area contributed by atoms with Crippen molar-refractivity contribution in [3.63, 3.8) is 0 Å². The quantitative estimate of drug-likeness (QED) is 0.235. The van der Waals surface area contributed by atoms with E-state index in [1.54, 1.807) is 43.1 Å². The summed E-state index contributed by atoms with van der Waals surface area (Å²) in [7, 11) is 3.15. The molecule has 0 fully saturated rings. The lowest BCUT2D eigenvalue weighted by Gasteiger charge is -2.10. The van der Waals surface area contributed by atoms with Crippen LogP contribution in [-0.4, -0.2) is 28.8 Å². The molecular formula is C28H19FN4O4S. The van der Waals surface area contributed by atoms with Gasteiger partial charge in [-0.3, -0.25) is 0 Å². The summed E-state index contributed by atoms with van der Waals surface area (Å²) < 4.78 is 38.7. The molecule has 0 saturated carbocycles. The van der Waals surface area contributed by atoms with E-state index in [0.29, 0.717) is 44.3 Å². The highest BCUT2D eigenvalue weighted by atomic mass is 32.1. The molecule has 3 aromatic carbocycles. The van der Waals surface area contributed by atoms with Crippen LogP contribution < -0.4 is 14.2 Å². The maximum atomic E-state index is 14.1. The first-order valence-corrected chi connectivity index (χ1v) is 12.3. The Morgan fingerprint density at radius 1 is 1.05 bits per heavy atom. The third kappa shape index (κ3) is 4.29. The minimum Gasteiger partial charge on any atom is -0.496 e. The first-order chi connectivity index (χ1) is 18.5. The zero-order chi connectivity index (χ0) is 26.2. The van der Waals surface area contributed by atoms with E-state index in [2.05, 4.69) is 10.1 Å². The predicted octanol–water partition coefficient (Wildman–Crippen LogP) is 6.48. The van der Waals surface area contributed by atoms with Gasteiger partial charge in [0, 0.05) is 12.1 Å². The number of nitriles is 1. The highest BCUT2D eigenvalue weighted by Gasteiger charge is 2.17. The first-order valence-electron chi connectivity index (χ1n) is 11.5. The summed E-state index contributed by atoms with van der Waals surface area (Å²) in [5.74, 6) is 1.20. The smallest absolute Gasteiger partial charge is 0.294 e. The molecule has 10 heteroatoms. The fourth-order valence-electron chi connectivity index (χ4n) is 4.12. The van der Waals surface area contributed by atoms with Gasteiger partial charge in [0.2, 0.25) is 4.96 Å². The fourth-order valence-corrected chi connectivity index (χ4v) is 4.82. The number of hydrogen-bond donors (Lipinski definition) is 0. The molecule has 0 radical (unpaired) electrons. The minimum atomic E-state index is -0.548. The van der Waals surface area contributed by atoms with Gasteiger partial charge in [-0.2, -0.15) is 5.26 Å². The van der Waals surface area contributed by atoms with Gasteiger partial charge in [0.15, 0.2) is 5.76 Å². The molecule has 0 spiro atoms. The van der Waals surface area contributed by atoms with Crippen LogP contribution in [0, 0.1) is 17.1 Å². The van der Waals surface area contributed by atoms with Crippen LogP contribution in [0.15, 0.2) is 71.3 Å². The van der Waals surface area contributed by atoms with E-state index in [-0.39, 0.29) is 12.2 Å². The molecular weight excluding hydrogens is 507 g/mol. The molecule has 0 aliphatic heterocycles. The number of aromatic nitrogens is 3. The molecule has 0 aliphatic rings. The Bertz CT molecular complexity index is 1820. The molecule has 0 N–H and O–H groups in total. The summed E-state index contributed by atoms with van der Waals surface area (Å²) in [6, 6.07) is 19.5. The fraction of sp³-hybridized carbons (Fsp3) is 0.107. The monoisotopic (exact) mass is 526 g/mol. The van der Waals surface area contributed by atoms with Crippen molar-refractivity contribution in [2.45, 2.75) is 6.61 Å². The van der Waals surface area contributed by atoms with Crippen LogP contribution in [-0.2, 0) is 6.61 Å². The van der Waals surface area contributed by atoms with Gasteiger partial charge in [-0.25, -0.2) is 13.9 Å². The average Bonchev–Trinajstić information content (AvgIpc) is 3.64. The summed E-state index contributed by atoms with van der Waals surface area (Å²) in [5, 5.41) is 14.6. The Labute approximate surface area is 220 Å². The van der Waals surface area contributed by atoms with Crippen LogP contribution in [0.3, 0.4) is 0 Å². The highest BCUT2D eigenvalue weighted by molar-refractivity contribution is 7.18. The number of halogens is 1. The van der Waals surface area contributed by atoms with E-state index < -0.39 is 5.82 Å². The maximum Gasteiger partial charge on any atom is 0.294 e. The highest BCUT2D eigenvalue weighted by Crippen LogP contribution is 2.37. The van der Waals surface area contributed by atoms with Crippen LogP contribution in [0.2, 0.25) is 0 Å². The van der Waals surface area contributed by atoms with Gasteiger partial charge in [0.05, 0.1) is 31.4 Å². The van der Waals surface area contributed by atoms with Crippen molar-refractivity contribution >= 4 is 27.3 Å². The van der Waals surface area contributed by atoms with E-state index in [9.17, 15) is 4.39 Å². The maximum absolute atomic E-state index is 14.1. The topological polar surface area (TPSA) is 94.8 Å². The van der Waals surface area contributed by atoms with Gasteiger partial charge in [0.25, 0.3) is 5.19 Å². The van der Waals surface area contributed by atoms with E-state index in [1.807, 2.05) is 36.4 Å². The van der Waals surface area contributed by atoms with Crippen molar-refractivity contribution in [1.29, 1.82) is 5.26 Å². The number of benzene rings is 3. The zero-order valence-electron chi connectivity index (χ0n) is 20.3. The van der Waals surface area contributed by atoms with Gasteiger partial charge in [-0.05, 0) is 52.3 Å². The van der Waals surface area contributed by atoms with Gasteiger partial charge in [-0.1, -0.05) is 24.3 Å². The van der Waals surface area contributed by atoms with Gasteiger partial charge in [-0.15, -0.1) is 5.10 Å². The van der Waals surface area contributed by atoms with Crippen molar-refractivity contribution in [3.8, 4) is 45.3 Å². The molecule has 0 amide bonds. The number of fused-ring (bicyclic) bond motifs is 2. The molecule has 8 nitrogen and oxygen atoms in total. The molecule has 3 aromatic heterocycles. The van der Waals surface area contributed by atoms with Gasteiger partial charge < -0.3 is 18.6 Å². The number of furan rings is 1. The summed E-state index contributed by atoms with van der Waals surface area (Å²) in [5.41, 5.74) is 3.63. The molecule has 0 saturated heterocycles. The Kier molecular flexibility index (Phi) is 5.90. The molecule has 0 atom stereocenters. The number of hydrogen-bond acceptors (Lipinski definition) is 8. The summed E-state index contributed by atoms with van der Waals surface area (Å²) in [4.78, 5) is 5.29. The Morgan fingerprint density at radius 3 is 2.68 bits per heavy atom. The lowest BCUT2D eigenvalue weighted by Crippen LogP contribution is -1.97. The second kappa shape index (κ2) is 9.53. The van der Waals surface area contributed by atoms with Crippen LogP contribution in [0.25, 0.3) is 38.5 Å². The third-order valence-electron chi connectivity index (χ3n) is 6.00. The molecule has 0 unspecified atom stereocenters. The lowest BCUT2D eigenvalue weighted by molar-refractivity contribution is 0.307. The summed E-state index contributed by atoms with van der Waals surface area (Å²) >= 11 is 1.33. The minimum absolute atomic E-state index is 0.0149. The molecule has 0 bridgehead atoms. The van der Waals surface area contributed by atoms with E-state index >= 15 is 0 Å². The second-order valence-corrected chi connectivity index (χ2v) is 9.29. The zero-order valence-corrected chi connectivity index (χ0v) is 21.1. The molecule has 0 aliphatic carbocycles. The van der Waals surface area contributed by atoms with E-state index in [1.165, 1.54) is 23.5 Å². The normalized spacial score (nSPS) is 11.1. The van der Waals surface area contributed by atoms with Crippen molar-refractivity contribution < 1.29 is 23.0 Å². The SMILES string of the molecule is COc1cc(OCc2cccc(-c3ccc(C#N)c(F)c3)c2)c2cc(-c3cn4nc(OC)sc4n3)oc2c1. The molecule has 3 heterocycles. The Hall–Kier alpha value is -4.88. The van der Waals surface area contributed by atoms with E-state index in [4.69, 9.17) is 23.9 Å². The molecule has 188 valence electrons. The largest absolute Gasteiger partial charge is 0.496 e. The van der Waals surface area contributed by atoms with Crippen molar-refractivity contribution in [1.82, 2.24) is 14.6 Å². The number of methoxy groups -OCH3 is 2. The van der Waals surface area contributed by atoms with Crippen molar-refractivity contribution in [2.24, 2.45) is 0 Å². The number of rotatable bonds is 7. The number of ether oxygens (including phenoxy) is 3. The van der Waals surface area contributed by atoms with Crippen LogP contribution in [0.5, 0.6) is 16.7 Å². The lowest BCUT2D eigenvalue weighted by atomic mass is 10.0. The van der Waals surface area contributed by atoms with Gasteiger partial charge in [0.1, 0.15) is 41.3 Å². The standard InChI is InChI=1S/C28H19FN4O4S/c1-34-20-10-24(36-15-16-4-3-5-17(8-16)18-6-7-19(13-30)22(29)9-18)21-12-26(37-25(21)11-20)23-14-33-27(31-23)38-28(32-33)35-2/h3-12,14H,15H2,1-2H3. The number of nitrogens with zero attached hydrogens (tertiary/aromatic N) is 4. The third-order valence-corrected chi connectivity index (χ3v) is 6.89. The molecule has 6 aromatic rings. The van der Waals surface area contributed by atoms with Crippen molar-refractivity contribution in [3.05, 3.63) is 83.8 Å². The summed E-state index contributed by atoms with van der Waals surface area (Å²) in [6.45, 7) is 0.263. The van der Waals surface area contributed by atoms with Gasteiger partial charge >= 0.3 is 0 Å². The van der Waals surface area contributed by atoms with E-state index in [0.717, 1.165) is 16.5 Å². The second-order valence-electron chi connectivity index (χ2n) is 8.37. The number of imidazole rings is 1. The van der Waals surface area contributed by atoms with Crippen LogP contribution in [0.4, 0.5) is 4.39 Å². The molecule has 6 rings (SSSR count). The Balaban J connectivity index is 1.29.